The van der Waals surface area contributed by atoms with Gasteiger partial charge in [0, 0.05) is 64.5 Å². The maximum atomic E-state index is 12.7. The van der Waals surface area contributed by atoms with E-state index in [0.717, 1.165) is 52.1 Å². The quantitative estimate of drug-likeness (QED) is 0.786. The fraction of sp³-hybridized carbons (Fsp3) is 0.750. The second kappa shape index (κ2) is 8.87. The van der Waals surface area contributed by atoms with Gasteiger partial charge in [-0.2, -0.15) is 5.10 Å². The lowest BCUT2D eigenvalue weighted by atomic mass is 9.94. The topological polar surface area (TPSA) is 61.7 Å². The molecule has 2 saturated heterocycles. The van der Waals surface area contributed by atoms with Gasteiger partial charge in [-0.25, -0.2) is 0 Å². The highest BCUT2D eigenvalue weighted by molar-refractivity contribution is 5.92. The molecule has 0 N–H and O–H groups in total. The van der Waals surface area contributed by atoms with Crippen LogP contribution in [-0.4, -0.2) is 81.6 Å². The van der Waals surface area contributed by atoms with Gasteiger partial charge in [-0.05, 0) is 45.6 Å². The van der Waals surface area contributed by atoms with E-state index in [1.165, 1.54) is 0 Å². The Morgan fingerprint density at radius 3 is 2.52 bits per heavy atom. The molecule has 7 heteroatoms. The zero-order chi connectivity index (χ0) is 19.4. The minimum atomic E-state index is -0.00935. The maximum absolute atomic E-state index is 12.7. The number of piperidine rings is 1. The third kappa shape index (κ3) is 4.89. The first-order valence-corrected chi connectivity index (χ1v) is 10.3. The molecule has 0 aliphatic carbocycles. The van der Waals surface area contributed by atoms with Gasteiger partial charge in [0.1, 0.15) is 5.69 Å². The summed E-state index contributed by atoms with van der Waals surface area (Å²) in [5.41, 5.74) is 0.508. The predicted octanol–water partition coefficient (Wildman–Crippen LogP) is 1.70. The van der Waals surface area contributed by atoms with Gasteiger partial charge in [-0.15, -0.1) is 0 Å². The van der Waals surface area contributed by atoms with Gasteiger partial charge >= 0.3 is 0 Å². The van der Waals surface area contributed by atoms with Crippen molar-refractivity contribution in [2.75, 3.05) is 39.3 Å². The molecule has 0 saturated carbocycles. The Labute approximate surface area is 162 Å². The summed E-state index contributed by atoms with van der Waals surface area (Å²) in [7, 11) is 0. The van der Waals surface area contributed by atoms with Gasteiger partial charge < -0.3 is 9.80 Å². The number of hydrogen-bond donors (Lipinski definition) is 0. The molecular formula is C20H33N5O2. The van der Waals surface area contributed by atoms with Crippen LogP contribution < -0.4 is 0 Å². The van der Waals surface area contributed by atoms with Crippen molar-refractivity contribution in [2.24, 2.45) is 5.92 Å². The number of likely N-dealkylation sites (tertiary alicyclic amines) is 1. The van der Waals surface area contributed by atoms with E-state index >= 15 is 0 Å². The predicted molar refractivity (Wildman–Crippen MR) is 104 cm³/mol. The van der Waals surface area contributed by atoms with Crippen molar-refractivity contribution in [1.82, 2.24) is 24.5 Å². The average Bonchev–Trinajstić information content (AvgIpc) is 3.17. The van der Waals surface area contributed by atoms with Crippen LogP contribution in [0, 0.1) is 5.92 Å². The maximum Gasteiger partial charge on any atom is 0.274 e. The molecule has 1 aromatic rings. The van der Waals surface area contributed by atoms with Crippen molar-refractivity contribution in [3.63, 3.8) is 0 Å². The summed E-state index contributed by atoms with van der Waals surface area (Å²) in [6.07, 6.45) is 4.37. The number of nitrogens with zero attached hydrogens (tertiary/aromatic N) is 5. The van der Waals surface area contributed by atoms with Gasteiger partial charge in [0.2, 0.25) is 5.91 Å². The summed E-state index contributed by atoms with van der Waals surface area (Å²) in [4.78, 5) is 31.7. The molecule has 0 bridgehead atoms. The first-order valence-electron chi connectivity index (χ1n) is 10.3. The lowest BCUT2D eigenvalue weighted by molar-refractivity contribution is -0.134. The highest BCUT2D eigenvalue weighted by Gasteiger charge is 2.29. The van der Waals surface area contributed by atoms with E-state index in [4.69, 9.17) is 0 Å². The fourth-order valence-corrected chi connectivity index (χ4v) is 4.09. The number of carbonyl (C=O) groups is 2. The molecule has 2 aliphatic heterocycles. The smallest absolute Gasteiger partial charge is 0.274 e. The van der Waals surface area contributed by atoms with Gasteiger partial charge in [0.25, 0.3) is 5.91 Å². The van der Waals surface area contributed by atoms with Gasteiger partial charge in [-0.3, -0.25) is 19.2 Å². The van der Waals surface area contributed by atoms with E-state index < -0.39 is 0 Å². The van der Waals surface area contributed by atoms with Gasteiger partial charge in [0.15, 0.2) is 0 Å². The molecule has 0 aromatic carbocycles. The highest BCUT2D eigenvalue weighted by Crippen LogP contribution is 2.22. The molecule has 2 amide bonds. The van der Waals surface area contributed by atoms with Crippen molar-refractivity contribution in [3.8, 4) is 0 Å². The zero-order valence-corrected chi connectivity index (χ0v) is 16.9. The van der Waals surface area contributed by atoms with E-state index in [1.807, 2.05) is 22.9 Å². The summed E-state index contributed by atoms with van der Waals surface area (Å²) >= 11 is 0. The molecule has 3 heterocycles. The largest absolute Gasteiger partial charge is 0.340 e. The van der Waals surface area contributed by atoms with Crippen LogP contribution in [0.15, 0.2) is 12.3 Å². The molecule has 150 valence electrons. The normalized spacial score (nSPS) is 21.7. The summed E-state index contributed by atoms with van der Waals surface area (Å²) in [5, 5.41) is 4.33. The molecule has 2 aliphatic rings. The third-order valence-corrected chi connectivity index (χ3v) is 5.85. The van der Waals surface area contributed by atoms with Crippen LogP contribution in [-0.2, 0) is 11.3 Å². The number of aryl methyl sites for hydroxylation is 1. The Bertz CT molecular complexity index is 649. The Hall–Kier alpha value is -1.89. The molecule has 0 spiro atoms. The van der Waals surface area contributed by atoms with Crippen LogP contribution >= 0.6 is 0 Å². The lowest BCUT2D eigenvalue weighted by Crippen LogP contribution is -2.51. The summed E-state index contributed by atoms with van der Waals surface area (Å²) in [5.74, 6) is 0.490. The fourth-order valence-electron chi connectivity index (χ4n) is 4.09. The Morgan fingerprint density at radius 1 is 1.15 bits per heavy atom. The number of hydrogen-bond acceptors (Lipinski definition) is 4. The molecule has 1 atom stereocenters. The minimum absolute atomic E-state index is 0.00935. The molecule has 27 heavy (non-hydrogen) atoms. The number of rotatable bonds is 5. The van der Waals surface area contributed by atoms with Crippen LogP contribution in [0.1, 0.15) is 50.5 Å². The first kappa shape index (κ1) is 19.9. The Balaban J connectivity index is 1.51. The summed E-state index contributed by atoms with van der Waals surface area (Å²) in [6.45, 7) is 12.1. The molecule has 2 fully saturated rings. The zero-order valence-electron chi connectivity index (χ0n) is 16.9. The lowest BCUT2D eigenvalue weighted by Gasteiger charge is -2.38. The van der Waals surface area contributed by atoms with Gasteiger partial charge in [0.05, 0.1) is 0 Å². The number of aromatic nitrogens is 2. The van der Waals surface area contributed by atoms with Crippen molar-refractivity contribution in [3.05, 3.63) is 18.0 Å². The van der Waals surface area contributed by atoms with Crippen molar-refractivity contribution < 1.29 is 9.59 Å². The van der Waals surface area contributed by atoms with E-state index in [1.54, 1.807) is 10.7 Å². The molecule has 3 rings (SSSR count). The number of carbonyl (C=O) groups excluding carboxylic acids is 2. The second-order valence-corrected chi connectivity index (χ2v) is 8.03. The van der Waals surface area contributed by atoms with Gasteiger partial charge in [-0.1, -0.05) is 0 Å². The molecule has 0 unspecified atom stereocenters. The van der Waals surface area contributed by atoms with Crippen LogP contribution in [0.25, 0.3) is 0 Å². The number of piperazine rings is 1. The molecule has 0 radical (unpaired) electrons. The van der Waals surface area contributed by atoms with E-state index in [-0.39, 0.29) is 17.7 Å². The summed E-state index contributed by atoms with van der Waals surface area (Å²) < 4.78 is 1.77. The Kier molecular flexibility index (Phi) is 6.52. The highest BCUT2D eigenvalue weighted by atomic mass is 16.2. The van der Waals surface area contributed by atoms with E-state index in [9.17, 15) is 9.59 Å². The average molecular weight is 376 g/mol. The Morgan fingerprint density at radius 2 is 1.89 bits per heavy atom. The monoisotopic (exact) mass is 375 g/mol. The number of amides is 2. The first-order chi connectivity index (χ1) is 13.0. The SMILES string of the molecule is CCn1ccc(C(=O)N2CCC[C@@H](CC(=O)N3CCN(C(C)C)CC3)C2)n1. The standard InChI is InChI=1S/C20H33N5O2/c1-4-25-9-7-18(21-25)20(27)24-8-5-6-17(15-24)14-19(26)23-12-10-22(11-13-23)16(2)3/h7,9,16-17H,4-6,8,10-15H2,1-3H3/t17-/m0/s1. The second-order valence-electron chi connectivity index (χ2n) is 8.03. The van der Waals surface area contributed by atoms with Crippen LogP contribution in [0.2, 0.25) is 0 Å². The molecular weight excluding hydrogens is 342 g/mol. The van der Waals surface area contributed by atoms with Crippen LogP contribution in [0.3, 0.4) is 0 Å². The van der Waals surface area contributed by atoms with Crippen molar-refractivity contribution in [2.45, 2.75) is 52.6 Å². The van der Waals surface area contributed by atoms with E-state index in [2.05, 4.69) is 23.8 Å². The van der Waals surface area contributed by atoms with Crippen LogP contribution in [0.4, 0.5) is 0 Å². The summed E-state index contributed by atoms with van der Waals surface area (Å²) in [6, 6.07) is 2.32. The third-order valence-electron chi connectivity index (χ3n) is 5.85. The molecule has 1 aromatic heterocycles. The minimum Gasteiger partial charge on any atom is -0.340 e. The van der Waals surface area contributed by atoms with Crippen molar-refractivity contribution >= 4 is 11.8 Å². The van der Waals surface area contributed by atoms with Crippen LogP contribution in [0.5, 0.6) is 0 Å². The van der Waals surface area contributed by atoms with E-state index in [0.29, 0.717) is 24.7 Å². The van der Waals surface area contributed by atoms with Crippen molar-refractivity contribution in [1.29, 1.82) is 0 Å². The molecule has 7 nitrogen and oxygen atoms in total.